The Hall–Kier alpha value is -2.78. The van der Waals surface area contributed by atoms with Gasteiger partial charge in [0, 0.05) is 12.4 Å². The average molecular weight is 408 g/mol. The van der Waals surface area contributed by atoms with E-state index in [9.17, 15) is 22.0 Å². The smallest absolute Gasteiger partial charge is 0.265 e. The molecule has 0 spiro atoms. The fourth-order valence-electron chi connectivity index (χ4n) is 2.27. The van der Waals surface area contributed by atoms with E-state index in [1.54, 1.807) is 6.07 Å². The van der Waals surface area contributed by atoms with E-state index in [1.807, 2.05) is 0 Å². The van der Waals surface area contributed by atoms with Crippen LogP contribution in [0.1, 0.15) is 9.67 Å². The van der Waals surface area contributed by atoms with Crippen LogP contribution in [-0.4, -0.2) is 21.4 Å². The summed E-state index contributed by atoms with van der Waals surface area (Å²) in [5, 5.41) is 3.73. The monoisotopic (exact) mass is 408 g/mol. The molecule has 1 amide bonds. The summed E-state index contributed by atoms with van der Waals surface area (Å²) in [6, 6.07) is 11.9. The second-order valence-electron chi connectivity index (χ2n) is 5.53. The summed E-state index contributed by atoms with van der Waals surface area (Å²) in [5.74, 6) is -1.69. The zero-order valence-corrected chi connectivity index (χ0v) is 15.7. The molecule has 0 saturated carbocycles. The van der Waals surface area contributed by atoms with Crippen LogP contribution < -0.4 is 9.62 Å². The fraction of sp³-hybridized carbons (Fsp3) is 0.0556. The van der Waals surface area contributed by atoms with Gasteiger partial charge in [-0.05, 0) is 42.5 Å². The molecule has 3 rings (SSSR count). The van der Waals surface area contributed by atoms with Crippen molar-refractivity contribution in [3.05, 3.63) is 76.5 Å². The standard InChI is InChI=1S/C18H14F2N2O3S2/c1-22(13-8-6-12(19)7-9-13)27(24,25)14-10-17(26-11-14)18(23)21-16-5-3-2-4-15(16)20/h2-11H,1H3,(H,21,23). The molecular weight excluding hydrogens is 394 g/mol. The van der Waals surface area contributed by atoms with Crippen molar-refractivity contribution in [1.82, 2.24) is 0 Å². The van der Waals surface area contributed by atoms with Gasteiger partial charge in [0.1, 0.15) is 11.6 Å². The van der Waals surface area contributed by atoms with Crippen LogP contribution in [0.15, 0.2) is 64.9 Å². The van der Waals surface area contributed by atoms with Crippen molar-refractivity contribution in [2.75, 3.05) is 16.7 Å². The number of hydrogen-bond acceptors (Lipinski definition) is 4. The highest BCUT2D eigenvalue weighted by molar-refractivity contribution is 7.93. The fourth-order valence-corrected chi connectivity index (χ4v) is 4.62. The van der Waals surface area contributed by atoms with Gasteiger partial charge in [-0.1, -0.05) is 12.1 Å². The van der Waals surface area contributed by atoms with Crippen molar-refractivity contribution in [2.45, 2.75) is 4.90 Å². The summed E-state index contributed by atoms with van der Waals surface area (Å²) in [7, 11) is -2.60. The van der Waals surface area contributed by atoms with Gasteiger partial charge < -0.3 is 5.32 Å². The van der Waals surface area contributed by atoms with Crippen molar-refractivity contribution >= 4 is 38.6 Å². The van der Waals surface area contributed by atoms with Crippen LogP contribution in [0.4, 0.5) is 20.2 Å². The number of benzene rings is 2. The predicted molar refractivity (Wildman–Crippen MR) is 101 cm³/mol. The van der Waals surface area contributed by atoms with Gasteiger partial charge in [0.05, 0.1) is 21.1 Å². The molecule has 27 heavy (non-hydrogen) atoms. The van der Waals surface area contributed by atoms with Crippen molar-refractivity contribution in [3.8, 4) is 0 Å². The molecule has 0 unspecified atom stereocenters. The Bertz CT molecular complexity index is 1080. The summed E-state index contributed by atoms with van der Waals surface area (Å²) >= 11 is 0.924. The number of carbonyl (C=O) groups excluding carboxylic acids is 1. The van der Waals surface area contributed by atoms with Crippen molar-refractivity contribution in [1.29, 1.82) is 0 Å². The molecule has 0 fully saturated rings. The van der Waals surface area contributed by atoms with E-state index in [4.69, 9.17) is 0 Å². The summed E-state index contributed by atoms with van der Waals surface area (Å²) in [4.78, 5) is 12.3. The number of sulfonamides is 1. The Morgan fingerprint density at radius 1 is 1.07 bits per heavy atom. The molecule has 1 heterocycles. The van der Waals surface area contributed by atoms with Crippen LogP contribution in [0.3, 0.4) is 0 Å². The Balaban J connectivity index is 1.82. The normalized spacial score (nSPS) is 11.2. The van der Waals surface area contributed by atoms with Crippen LogP contribution in [0, 0.1) is 11.6 Å². The molecule has 5 nitrogen and oxygen atoms in total. The zero-order valence-electron chi connectivity index (χ0n) is 14.0. The van der Waals surface area contributed by atoms with Crippen LogP contribution >= 0.6 is 11.3 Å². The third-order valence-corrected chi connectivity index (χ3v) is 6.61. The molecule has 140 valence electrons. The van der Waals surface area contributed by atoms with E-state index in [1.165, 1.54) is 48.8 Å². The number of halogens is 2. The van der Waals surface area contributed by atoms with E-state index in [2.05, 4.69) is 5.32 Å². The number of para-hydroxylation sites is 1. The maximum atomic E-state index is 13.6. The third-order valence-electron chi connectivity index (χ3n) is 3.77. The number of amides is 1. The topological polar surface area (TPSA) is 66.5 Å². The Kier molecular flexibility index (Phi) is 5.24. The van der Waals surface area contributed by atoms with Crippen molar-refractivity contribution in [2.24, 2.45) is 0 Å². The minimum absolute atomic E-state index is 0.00346. The number of thiophene rings is 1. The quantitative estimate of drug-likeness (QED) is 0.691. The number of nitrogens with one attached hydrogen (secondary N) is 1. The van der Waals surface area contributed by atoms with Gasteiger partial charge in [-0.2, -0.15) is 0 Å². The number of nitrogens with zero attached hydrogens (tertiary/aromatic N) is 1. The van der Waals surface area contributed by atoms with Crippen LogP contribution in [0.5, 0.6) is 0 Å². The minimum Gasteiger partial charge on any atom is -0.319 e. The lowest BCUT2D eigenvalue weighted by Crippen LogP contribution is -2.26. The first-order valence-corrected chi connectivity index (χ1v) is 10.00. The molecule has 0 bridgehead atoms. The van der Waals surface area contributed by atoms with Gasteiger partial charge in [0.2, 0.25) is 0 Å². The molecule has 0 radical (unpaired) electrons. The molecule has 9 heteroatoms. The average Bonchev–Trinajstić information content (AvgIpc) is 3.15. The molecule has 1 aromatic heterocycles. The molecule has 0 atom stereocenters. The van der Waals surface area contributed by atoms with Crippen molar-refractivity contribution < 1.29 is 22.0 Å². The SMILES string of the molecule is CN(c1ccc(F)cc1)S(=O)(=O)c1csc(C(=O)Nc2ccccc2F)c1. The van der Waals surface area contributed by atoms with Gasteiger partial charge in [0.15, 0.2) is 0 Å². The molecule has 0 aliphatic carbocycles. The van der Waals surface area contributed by atoms with Crippen LogP contribution in [0.2, 0.25) is 0 Å². The first kappa shape index (κ1) is 19.0. The maximum absolute atomic E-state index is 13.6. The van der Waals surface area contributed by atoms with Gasteiger partial charge >= 0.3 is 0 Å². The van der Waals surface area contributed by atoms with Gasteiger partial charge in [0.25, 0.3) is 15.9 Å². The van der Waals surface area contributed by atoms with E-state index < -0.39 is 27.6 Å². The second kappa shape index (κ2) is 7.45. The lowest BCUT2D eigenvalue weighted by Gasteiger charge is -2.18. The predicted octanol–water partition coefficient (Wildman–Crippen LogP) is 4.10. The van der Waals surface area contributed by atoms with Gasteiger partial charge in [-0.15, -0.1) is 11.3 Å². The number of rotatable bonds is 5. The lowest BCUT2D eigenvalue weighted by atomic mass is 10.3. The number of hydrogen-bond donors (Lipinski definition) is 1. The summed E-state index contributed by atoms with van der Waals surface area (Å²) in [6.07, 6.45) is 0. The summed E-state index contributed by atoms with van der Waals surface area (Å²) in [5.41, 5.74) is 0.281. The summed E-state index contributed by atoms with van der Waals surface area (Å²) in [6.45, 7) is 0. The Labute approximate surface area is 158 Å². The number of carbonyl (C=O) groups is 1. The zero-order chi connectivity index (χ0) is 19.6. The molecular formula is C18H14F2N2O3S2. The first-order chi connectivity index (χ1) is 12.8. The highest BCUT2D eigenvalue weighted by Gasteiger charge is 2.24. The molecule has 3 aromatic rings. The molecule has 1 N–H and O–H groups in total. The largest absolute Gasteiger partial charge is 0.319 e. The van der Waals surface area contributed by atoms with Crippen LogP contribution in [0.25, 0.3) is 0 Å². The van der Waals surface area contributed by atoms with E-state index in [0.29, 0.717) is 0 Å². The van der Waals surface area contributed by atoms with E-state index in [-0.39, 0.29) is 21.1 Å². The Morgan fingerprint density at radius 3 is 2.41 bits per heavy atom. The highest BCUT2D eigenvalue weighted by Crippen LogP contribution is 2.26. The maximum Gasteiger partial charge on any atom is 0.265 e. The Morgan fingerprint density at radius 2 is 1.74 bits per heavy atom. The van der Waals surface area contributed by atoms with E-state index >= 15 is 0 Å². The molecule has 0 saturated heterocycles. The van der Waals surface area contributed by atoms with Crippen LogP contribution in [-0.2, 0) is 10.0 Å². The summed E-state index contributed by atoms with van der Waals surface area (Å²) < 4.78 is 53.1. The second-order valence-corrected chi connectivity index (χ2v) is 8.41. The number of anilines is 2. The highest BCUT2D eigenvalue weighted by atomic mass is 32.2. The van der Waals surface area contributed by atoms with E-state index in [0.717, 1.165) is 27.8 Å². The molecule has 0 aliphatic heterocycles. The lowest BCUT2D eigenvalue weighted by molar-refractivity contribution is 0.103. The first-order valence-electron chi connectivity index (χ1n) is 7.68. The molecule has 2 aromatic carbocycles. The van der Waals surface area contributed by atoms with Crippen molar-refractivity contribution in [3.63, 3.8) is 0 Å². The van der Waals surface area contributed by atoms with Gasteiger partial charge in [-0.25, -0.2) is 17.2 Å². The molecule has 0 aliphatic rings. The van der Waals surface area contributed by atoms with Gasteiger partial charge in [-0.3, -0.25) is 9.10 Å². The minimum atomic E-state index is -3.93. The third kappa shape index (κ3) is 3.99.